The Morgan fingerprint density at radius 2 is 2.11 bits per heavy atom. The highest BCUT2D eigenvalue weighted by Crippen LogP contribution is 2.14. The molecule has 1 atom stereocenters. The average molecular weight is 155 g/mol. The van der Waals surface area contributed by atoms with E-state index in [0.29, 0.717) is 12.8 Å². The van der Waals surface area contributed by atoms with Gasteiger partial charge >= 0.3 is 0 Å². The topological polar surface area (TPSA) is 0 Å². The van der Waals surface area contributed by atoms with E-state index in [1.165, 1.54) is 0 Å². The molecule has 0 nitrogen and oxygen atoms in total. The molecule has 9 heavy (non-hydrogen) atoms. The first-order valence-electron chi connectivity index (χ1n) is 2.71. The summed E-state index contributed by atoms with van der Waals surface area (Å²) >= 11 is 5.20. The van der Waals surface area contributed by atoms with Gasteiger partial charge in [-0.3, -0.25) is 0 Å². The SMILES string of the molecule is C=CCCC(Cl)C(F)F. The Hall–Kier alpha value is -0.110. The van der Waals surface area contributed by atoms with Gasteiger partial charge in [0.25, 0.3) is 6.43 Å². The van der Waals surface area contributed by atoms with E-state index in [0.717, 1.165) is 0 Å². The molecule has 0 saturated carbocycles. The van der Waals surface area contributed by atoms with Crippen LogP contribution in [0, 0.1) is 0 Å². The Labute approximate surface area is 58.5 Å². The van der Waals surface area contributed by atoms with Crippen LogP contribution >= 0.6 is 11.6 Å². The van der Waals surface area contributed by atoms with Crippen LogP contribution in [-0.2, 0) is 0 Å². The third-order valence-electron chi connectivity index (χ3n) is 0.920. The largest absolute Gasteiger partial charge is 0.254 e. The molecule has 0 aliphatic heterocycles. The third kappa shape index (κ3) is 4.40. The second-order valence-electron chi connectivity index (χ2n) is 1.72. The van der Waals surface area contributed by atoms with Crippen molar-refractivity contribution in [2.24, 2.45) is 0 Å². The van der Waals surface area contributed by atoms with Crippen LogP contribution in [0.2, 0.25) is 0 Å². The van der Waals surface area contributed by atoms with E-state index in [9.17, 15) is 8.78 Å². The minimum atomic E-state index is -2.41. The Balaban J connectivity index is 3.26. The quantitative estimate of drug-likeness (QED) is 0.432. The number of alkyl halides is 3. The van der Waals surface area contributed by atoms with E-state index in [1.54, 1.807) is 6.08 Å². The molecule has 0 heterocycles. The van der Waals surface area contributed by atoms with Gasteiger partial charge in [0.2, 0.25) is 0 Å². The molecule has 0 aliphatic rings. The van der Waals surface area contributed by atoms with E-state index in [1.807, 2.05) is 0 Å². The zero-order valence-corrected chi connectivity index (χ0v) is 5.74. The molecular formula is C6H9ClF2. The summed E-state index contributed by atoms with van der Waals surface area (Å²) in [7, 11) is 0. The minimum Gasteiger partial charge on any atom is -0.209 e. The Kier molecular flexibility index (Phi) is 4.68. The molecule has 0 aromatic rings. The molecule has 0 aromatic heterocycles. The predicted molar refractivity (Wildman–Crippen MR) is 35.1 cm³/mol. The van der Waals surface area contributed by atoms with Gasteiger partial charge in [-0.15, -0.1) is 18.2 Å². The highest BCUT2D eigenvalue weighted by molar-refractivity contribution is 6.20. The maximum atomic E-state index is 11.6. The molecule has 0 aliphatic carbocycles. The van der Waals surface area contributed by atoms with E-state index in [4.69, 9.17) is 11.6 Å². The first-order chi connectivity index (χ1) is 4.18. The fraction of sp³-hybridized carbons (Fsp3) is 0.667. The number of allylic oxidation sites excluding steroid dienone is 1. The van der Waals surface area contributed by atoms with Crippen LogP contribution in [0.4, 0.5) is 8.78 Å². The molecule has 0 radical (unpaired) electrons. The van der Waals surface area contributed by atoms with Crippen LogP contribution in [0.15, 0.2) is 12.7 Å². The molecule has 54 valence electrons. The van der Waals surface area contributed by atoms with E-state index in [-0.39, 0.29) is 0 Å². The molecule has 0 amide bonds. The Morgan fingerprint density at radius 3 is 2.44 bits per heavy atom. The van der Waals surface area contributed by atoms with Crippen LogP contribution in [0.1, 0.15) is 12.8 Å². The van der Waals surface area contributed by atoms with Crippen molar-refractivity contribution in [3.05, 3.63) is 12.7 Å². The zero-order valence-electron chi connectivity index (χ0n) is 4.99. The van der Waals surface area contributed by atoms with Crippen molar-refractivity contribution in [1.29, 1.82) is 0 Å². The summed E-state index contributed by atoms with van der Waals surface area (Å²) in [6.45, 7) is 3.39. The molecule has 0 aromatic carbocycles. The zero-order chi connectivity index (χ0) is 7.28. The molecule has 0 fully saturated rings. The van der Waals surface area contributed by atoms with Gasteiger partial charge in [0.15, 0.2) is 0 Å². The van der Waals surface area contributed by atoms with Crippen molar-refractivity contribution in [1.82, 2.24) is 0 Å². The van der Waals surface area contributed by atoms with Gasteiger partial charge < -0.3 is 0 Å². The number of rotatable bonds is 4. The molecule has 0 bridgehead atoms. The minimum absolute atomic E-state index is 0.308. The Bertz CT molecular complexity index is 83.1. The second kappa shape index (κ2) is 4.74. The van der Waals surface area contributed by atoms with Crippen LogP contribution in [0.5, 0.6) is 0 Å². The van der Waals surface area contributed by atoms with Crippen LogP contribution in [0.3, 0.4) is 0 Å². The normalized spacial score (nSPS) is 13.8. The van der Waals surface area contributed by atoms with Crippen LogP contribution in [-0.4, -0.2) is 11.8 Å². The highest BCUT2D eigenvalue weighted by atomic mass is 35.5. The molecule has 0 rings (SSSR count). The maximum Gasteiger partial charge on any atom is 0.254 e. The van der Waals surface area contributed by atoms with E-state index in [2.05, 4.69) is 6.58 Å². The van der Waals surface area contributed by atoms with Crippen LogP contribution < -0.4 is 0 Å². The van der Waals surface area contributed by atoms with Crippen molar-refractivity contribution in [3.63, 3.8) is 0 Å². The van der Waals surface area contributed by atoms with Crippen molar-refractivity contribution in [2.75, 3.05) is 0 Å². The molecule has 3 heteroatoms. The fourth-order valence-corrected chi connectivity index (χ4v) is 0.529. The molecular weight excluding hydrogens is 146 g/mol. The first-order valence-corrected chi connectivity index (χ1v) is 3.15. The molecule has 0 spiro atoms. The summed E-state index contributed by atoms with van der Waals surface area (Å²) in [4.78, 5) is 0. The summed E-state index contributed by atoms with van der Waals surface area (Å²) in [5, 5.41) is -1.01. The summed E-state index contributed by atoms with van der Waals surface area (Å²) in [5.74, 6) is 0. The van der Waals surface area contributed by atoms with Gasteiger partial charge in [0, 0.05) is 0 Å². The fourth-order valence-electron chi connectivity index (χ4n) is 0.403. The van der Waals surface area contributed by atoms with Crippen molar-refractivity contribution in [3.8, 4) is 0 Å². The summed E-state index contributed by atoms with van der Waals surface area (Å²) in [6.07, 6.45) is 0.0329. The van der Waals surface area contributed by atoms with Crippen molar-refractivity contribution < 1.29 is 8.78 Å². The first kappa shape index (κ1) is 8.89. The standard InChI is InChI=1S/C6H9ClF2/c1-2-3-4-5(7)6(8)9/h2,5-6H,1,3-4H2. The molecule has 0 N–H and O–H groups in total. The third-order valence-corrected chi connectivity index (χ3v) is 1.33. The van der Waals surface area contributed by atoms with Crippen molar-refractivity contribution >= 4 is 11.6 Å². The molecule has 0 saturated heterocycles. The smallest absolute Gasteiger partial charge is 0.209 e. The highest BCUT2D eigenvalue weighted by Gasteiger charge is 2.14. The average Bonchev–Trinajstić information content (AvgIpc) is 1.82. The van der Waals surface area contributed by atoms with Gasteiger partial charge in [-0.25, -0.2) is 8.78 Å². The maximum absolute atomic E-state index is 11.6. The Morgan fingerprint density at radius 1 is 1.56 bits per heavy atom. The number of halogens is 3. The predicted octanol–water partition coefficient (Wildman–Crippen LogP) is 2.83. The summed E-state index contributed by atoms with van der Waals surface area (Å²) < 4.78 is 23.2. The second-order valence-corrected chi connectivity index (χ2v) is 2.28. The van der Waals surface area contributed by atoms with Crippen molar-refractivity contribution in [2.45, 2.75) is 24.6 Å². The monoisotopic (exact) mass is 154 g/mol. The van der Waals surface area contributed by atoms with Gasteiger partial charge in [0.1, 0.15) is 0 Å². The lowest BCUT2D eigenvalue weighted by atomic mass is 10.2. The molecule has 1 unspecified atom stereocenters. The van der Waals surface area contributed by atoms with Gasteiger partial charge in [-0.05, 0) is 12.8 Å². The lowest BCUT2D eigenvalue weighted by molar-refractivity contribution is 0.139. The van der Waals surface area contributed by atoms with E-state index < -0.39 is 11.8 Å². The number of hydrogen-bond acceptors (Lipinski definition) is 0. The van der Waals surface area contributed by atoms with E-state index >= 15 is 0 Å². The van der Waals surface area contributed by atoms with Crippen LogP contribution in [0.25, 0.3) is 0 Å². The lowest BCUT2D eigenvalue weighted by Crippen LogP contribution is -2.09. The van der Waals surface area contributed by atoms with Gasteiger partial charge in [-0.1, -0.05) is 6.08 Å². The summed E-state index contributed by atoms with van der Waals surface area (Å²) in [5.41, 5.74) is 0. The lowest BCUT2D eigenvalue weighted by Gasteiger charge is -2.03. The van der Waals surface area contributed by atoms with Gasteiger partial charge in [0.05, 0.1) is 5.38 Å². The van der Waals surface area contributed by atoms with Gasteiger partial charge in [-0.2, -0.15) is 0 Å². The summed E-state index contributed by atoms with van der Waals surface area (Å²) in [6, 6.07) is 0. The number of hydrogen-bond donors (Lipinski definition) is 0.